The SMILES string of the molecule is C=O.CC.CNc1ncc(Cl)c(-c2c[nH]c3ccccc23)n1. The van der Waals surface area contributed by atoms with Crippen LogP contribution in [0.4, 0.5) is 5.95 Å². The molecule has 3 rings (SSSR count). The Morgan fingerprint density at radius 2 is 1.91 bits per heavy atom. The van der Waals surface area contributed by atoms with Crippen LogP contribution in [0.1, 0.15) is 13.8 Å². The monoisotopic (exact) mass is 318 g/mol. The molecule has 0 saturated heterocycles. The van der Waals surface area contributed by atoms with E-state index in [4.69, 9.17) is 16.4 Å². The maximum absolute atomic E-state index is 8.00. The molecule has 0 atom stereocenters. The Morgan fingerprint density at radius 3 is 2.59 bits per heavy atom. The molecule has 5 nitrogen and oxygen atoms in total. The number of aromatic amines is 1. The molecule has 0 unspecified atom stereocenters. The second-order valence-corrected chi connectivity index (χ2v) is 4.30. The maximum atomic E-state index is 8.00. The number of rotatable bonds is 2. The van der Waals surface area contributed by atoms with E-state index in [9.17, 15) is 0 Å². The fraction of sp³-hybridized carbons (Fsp3) is 0.188. The number of carbonyl (C=O) groups is 1. The van der Waals surface area contributed by atoms with Gasteiger partial charge in [-0.05, 0) is 6.07 Å². The number of hydrogen-bond acceptors (Lipinski definition) is 4. The number of anilines is 1. The Bertz CT molecular complexity index is 727. The van der Waals surface area contributed by atoms with Crippen molar-refractivity contribution in [3.05, 3.63) is 41.7 Å². The van der Waals surface area contributed by atoms with E-state index in [-0.39, 0.29) is 0 Å². The highest BCUT2D eigenvalue weighted by Crippen LogP contribution is 2.32. The van der Waals surface area contributed by atoms with Gasteiger partial charge in [0.15, 0.2) is 0 Å². The first kappa shape index (κ1) is 17.7. The van der Waals surface area contributed by atoms with E-state index in [0.717, 1.165) is 22.2 Å². The molecular formula is C16H19ClN4O. The van der Waals surface area contributed by atoms with Crippen LogP contribution < -0.4 is 5.32 Å². The first-order valence-corrected chi connectivity index (χ1v) is 7.23. The number of H-pyrrole nitrogens is 1. The van der Waals surface area contributed by atoms with Crippen LogP contribution >= 0.6 is 11.6 Å². The van der Waals surface area contributed by atoms with Gasteiger partial charge in [-0.2, -0.15) is 0 Å². The highest BCUT2D eigenvalue weighted by atomic mass is 35.5. The summed E-state index contributed by atoms with van der Waals surface area (Å²) in [5.41, 5.74) is 2.77. The van der Waals surface area contributed by atoms with Crippen LogP contribution in [-0.2, 0) is 4.79 Å². The summed E-state index contributed by atoms with van der Waals surface area (Å²) in [7, 11) is 1.78. The number of para-hydroxylation sites is 1. The summed E-state index contributed by atoms with van der Waals surface area (Å²) in [4.78, 5) is 19.7. The first-order chi connectivity index (χ1) is 10.8. The Kier molecular flexibility index (Phi) is 7.05. The minimum Gasteiger partial charge on any atom is -0.360 e. The second-order valence-electron chi connectivity index (χ2n) is 3.89. The van der Waals surface area contributed by atoms with Gasteiger partial charge >= 0.3 is 0 Å². The zero-order valence-electron chi connectivity index (χ0n) is 12.9. The lowest BCUT2D eigenvalue weighted by Gasteiger charge is -2.04. The molecular weight excluding hydrogens is 300 g/mol. The van der Waals surface area contributed by atoms with Crippen molar-refractivity contribution in [3.63, 3.8) is 0 Å². The molecule has 3 aromatic rings. The van der Waals surface area contributed by atoms with Crippen molar-refractivity contribution in [2.24, 2.45) is 0 Å². The third-order valence-electron chi connectivity index (χ3n) is 2.81. The topological polar surface area (TPSA) is 70.7 Å². The zero-order chi connectivity index (χ0) is 16.5. The van der Waals surface area contributed by atoms with E-state index >= 15 is 0 Å². The van der Waals surface area contributed by atoms with Gasteiger partial charge in [0.25, 0.3) is 0 Å². The van der Waals surface area contributed by atoms with Crippen molar-refractivity contribution in [1.82, 2.24) is 15.0 Å². The van der Waals surface area contributed by atoms with Crippen LogP contribution in [0.2, 0.25) is 5.02 Å². The van der Waals surface area contributed by atoms with Crippen LogP contribution in [0.15, 0.2) is 36.7 Å². The van der Waals surface area contributed by atoms with E-state index in [2.05, 4.69) is 20.3 Å². The molecule has 0 radical (unpaired) electrons. The van der Waals surface area contributed by atoms with Gasteiger partial charge < -0.3 is 15.1 Å². The predicted molar refractivity (Wildman–Crippen MR) is 92.4 cm³/mol. The number of halogens is 1. The molecule has 2 aromatic heterocycles. The molecule has 22 heavy (non-hydrogen) atoms. The lowest BCUT2D eigenvalue weighted by atomic mass is 10.1. The quantitative estimate of drug-likeness (QED) is 0.744. The van der Waals surface area contributed by atoms with Gasteiger partial charge in [0.2, 0.25) is 5.95 Å². The molecule has 0 aliphatic carbocycles. The van der Waals surface area contributed by atoms with Crippen molar-refractivity contribution >= 4 is 35.2 Å². The van der Waals surface area contributed by atoms with Crippen molar-refractivity contribution < 1.29 is 4.79 Å². The summed E-state index contributed by atoms with van der Waals surface area (Å²) in [5.74, 6) is 0.555. The largest absolute Gasteiger partial charge is 0.360 e. The summed E-state index contributed by atoms with van der Waals surface area (Å²) in [6, 6.07) is 8.04. The van der Waals surface area contributed by atoms with Gasteiger partial charge in [-0.15, -0.1) is 0 Å². The predicted octanol–water partition coefficient (Wildman–Crippen LogP) is 4.16. The molecule has 2 N–H and O–H groups in total. The van der Waals surface area contributed by atoms with Crippen LogP contribution in [0.25, 0.3) is 22.2 Å². The van der Waals surface area contributed by atoms with Gasteiger partial charge in [0, 0.05) is 29.7 Å². The Labute approximate surface area is 134 Å². The average molecular weight is 319 g/mol. The van der Waals surface area contributed by atoms with E-state index in [1.54, 1.807) is 13.2 Å². The van der Waals surface area contributed by atoms with Gasteiger partial charge in [0.05, 0.1) is 16.9 Å². The number of nitrogens with zero attached hydrogens (tertiary/aromatic N) is 2. The van der Waals surface area contributed by atoms with E-state index in [0.29, 0.717) is 11.0 Å². The summed E-state index contributed by atoms with van der Waals surface area (Å²) in [5, 5.41) is 4.55. The molecule has 116 valence electrons. The maximum Gasteiger partial charge on any atom is 0.223 e. The Balaban J connectivity index is 0.000000561. The van der Waals surface area contributed by atoms with E-state index in [1.165, 1.54) is 0 Å². The Hall–Kier alpha value is -2.40. The van der Waals surface area contributed by atoms with Gasteiger partial charge in [0.1, 0.15) is 6.79 Å². The third kappa shape index (κ3) is 3.62. The summed E-state index contributed by atoms with van der Waals surface area (Å²) < 4.78 is 0. The van der Waals surface area contributed by atoms with E-state index < -0.39 is 0 Å². The first-order valence-electron chi connectivity index (χ1n) is 6.85. The molecule has 0 spiro atoms. The minimum atomic E-state index is 0.541. The number of hydrogen-bond donors (Lipinski definition) is 2. The third-order valence-corrected chi connectivity index (χ3v) is 3.09. The lowest BCUT2D eigenvalue weighted by molar-refractivity contribution is -0.0979. The van der Waals surface area contributed by atoms with Crippen molar-refractivity contribution in [2.45, 2.75) is 13.8 Å². The average Bonchev–Trinajstić information content (AvgIpc) is 3.03. The van der Waals surface area contributed by atoms with Gasteiger partial charge in [-0.1, -0.05) is 43.6 Å². The Morgan fingerprint density at radius 1 is 1.23 bits per heavy atom. The van der Waals surface area contributed by atoms with Crippen LogP contribution in [-0.4, -0.2) is 28.8 Å². The summed E-state index contributed by atoms with van der Waals surface area (Å²) in [6.45, 7) is 6.00. The standard InChI is InChI=1S/C13H11ClN4.C2H6.CH2O/c1-15-13-17-7-10(14)12(18-13)9-6-16-11-5-3-2-4-8(9)11;2*1-2/h2-7,16H,1H3,(H,15,17,18);1-2H3;1H2. The molecule has 1 aromatic carbocycles. The van der Waals surface area contributed by atoms with Crippen LogP contribution in [0, 0.1) is 0 Å². The van der Waals surface area contributed by atoms with Crippen LogP contribution in [0.5, 0.6) is 0 Å². The van der Waals surface area contributed by atoms with Crippen LogP contribution in [0.3, 0.4) is 0 Å². The number of nitrogens with one attached hydrogen (secondary N) is 2. The number of benzene rings is 1. The number of fused-ring (bicyclic) bond motifs is 1. The molecule has 6 heteroatoms. The van der Waals surface area contributed by atoms with Crippen molar-refractivity contribution in [2.75, 3.05) is 12.4 Å². The minimum absolute atomic E-state index is 0.541. The molecule has 0 amide bonds. The molecule has 0 fully saturated rings. The molecule has 0 aliphatic heterocycles. The zero-order valence-corrected chi connectivity index (χ0v) is 13.6. The second kappa shape index (κ2) is 8.79. The fourth-order valence-electron chi connectivity index (χ4n) is 1.94. The smallest absolute Gasteiger partial charge is 0.223 e. The highest BCUT2D eigenvalue weighted by molar-refractivity contribution is 6.33. The van der Waals surface area contributed by atoms with E-state index in [1.807, 2.05) is 51.1 Å². The fourth-order valence-corrected chi connectivity index (χ4v) is 2.14. The molecule has 2 heterocycles. The van der Waals surface area contributed by atoms with Crippen molar-refractivity contribution in [1.29, 1.82) is 0 Å². The molecule has 0 aliphatic rings. The highest BCUT2D eigenvalue weighted by Gasteiger charge is 2.11. The molecule has 0 bridgehead atoms. The summed E-state index contributed by atoms with van der Waals surface area (Å²) >= 11 is 6.18. The summed E-state index contributed by atoms with van der Waals surface area (Å²) in [6.07, 6.45) is 3.52. The number of aromatic nitrogens is 3. The van der Waals surface area contributed by atoms with Crippen molar-refractivity contribution in [3.8, 4) is 11.3 Å². The lowest BCUT2D eigenvalue weighted by Crippen LogP contribution is -1.97. The van der Waals surface area contributed by atoms with Gasteiger partial charge in [-0.25, -0.2) is 9.97 Å². The number of carbonyl (C=O) groups excluding carboxylic acids is 1. The normalized spacial score (nSPS) is 9.27. The molecule has 0 saturated carbocycles. The van der Waals surface area contributed by atoms with Gasteiger partial charge in [-0.3, -0.25) is 0 Å².